The van der Waals surface area contributed by atoms with E-state index in [9.17, 15) is 9.59 Å². The number of hydrogen-bond acceptors (Lipinski definition) is 5. The maximum Gasteiger partial charge on any atom is 0.251 e. The van der Waals surface area contributed by atoms with Gasteiger partial charge in [-0.1, -0.05) is 19.9 Å². The predicted octanol–water partition coefficient (Wildman–Crippen LogP) is 3.85. The van der Waals surface area contributed by atoms with Crippen molar-refractivity contribution < 1.29 is 14.3 Å². The van der Waals surface area contributed by atoms with E-state index >= 15 is 0 Å². The molecule has 2 unspecified atom stereocenters. The summed E-state index contributed by atoms with van der Waals surface area (Å²) in [5, 5.41) is 8.09. The normalized spacial score (nSPS) is 16.1. The van der Waals surface area contributed by atoms with E-state index in [-0.39, 0.29) is 23.8 Å². The van der Waals surface area contributed by atoms with Gasteiger partial charge in [-0.05, 0) is 74.5 Å². The largest absolute Gasteiger partial charge is 0.494 e. The van der Waals surface area contributed by atoms with Crippen LogP contribution in [0.15, 0.2) is 41.8 Å². The Hall–Kier alpha value is -2.38. The molecule has 1 fully saturated rings. The number of hydrogen-bond donors (Lipinski definition) is 2. The van der Waals surface area contributed by atoms with E-state index in [1.807, 2.05) is 20.8 Å². The molecule has 2 N–H and O–H groups in total. The highest BCUT2D eigenvalue weighted by Gasteiger charge is 2.28. The minimum absolute atomic E-state index is 0.0291. The van der Waals surface area contributed by atoms with Gasteiger partial charge in [0.2, 0.25) is 5.91 Å². The molecule has 0 saturated carbocycles. The highest BCUT2D eigenvalue weighted by molar-refractivity contribution is 7.10. The van der Waals surface area contributed by atoms with Gasteiger partial charge < -0.3 is 15.4 Å². The first-order chi connectivity index (χ1) is 15.0. The van der Waals surface area contributed by atoms with Crippen LogP contribution in [0.2, 0.25) is 0 Å². The molecular weight excluding hydrogens is 410 g/mol. The van der Waals surface area contributed by atoms with Crippen LogP contribution in [0.1, 0.15) is 54.9 Å². The van der Waals surface area contributed by atoms with E-state index in [0.29, 0.717) is 18.7 Å². The van der Waals surface area contributed by atoms with Crippen molar-refractivity contribution in [3.05, 3.63) is 52.2 Å². The number of carbonyl (C=O) groups excluding carboxylic acids is 2. The summed E-state index contributed by atoms with van der Waals surface area (Å²) in [6, 6.07) is 10.7. The lowest BCUT2D eigenvalue weighted by Gasteiger charge is -2.28. The lowest BCUT2D eigenvalue weighted by atomic mass is 10.0. The van der Waals surface area contributed by atoms with Gasteiger partial charge in [-0.2, -0.15) is 0 Å². The van der Waals surface area contributed by atoms with Crippen LogP contribution in [-0.4, -0.2) is 49.0 Å². The molecule has 168 valence electrons. The van der Waals surface area contributed by atoms with Crippen molar-refractivity contribution in [3.63, 3.8) is 0 Å². The van der Waals surface area contributed by atoms with Gasteiger partial charge in [0.25, 0.3) is 5.91 Å². The lowest BCUT2D eigenvalue weighted by molar-refractivity contribution is -0.124. The second-order valence-corrected chi connectivity index (χ2v) is 9.15. The number of likely N-dealkylation sites (tertiary alicyclic amines) is 1. The molecule has 1 aromatic heterocycles. The van der Waals surface area contributed by atoms with E-state index in [1.54, 1.807) is 35.6 Å². The maximum atomic E-state index is 13.0. The second-order valence-electron chi connectivity index (χ2n) is 8.17. The van der Waals surface area contributed by atoms with Crippen LogP contribution in [-0.2, 0) is 4.79 Å². The third kappa shape index (κ3) is 6.31. The van der Waals surface area contributed by atoms with Crippen LogP contribution < -0.4 is 15.4 Å². The second kappa shape index (κ2) is 11.3. The van der Waals surface area contributed by atoms with E-state index in [2.05, 4.69) is 33.0 Å². The van der Waals surface area contributed by atoms with Crippen LogP contribution in [0.5, 0.6) is 5.75 Å². The Kier molecular flexibility index (Phi) is 8.49. The zero-order valence-corrected chi connectivity index (χ0v) is 19.4. The standard InChI is InChI=1S/C24H33N3O3S/c1-4-30-19-11-9-18(10-12-19)23(28)26-22(17(2)3)24(29)25-16-20(21-8-7-15-31-21)27-13-5-6-14-27/h7-12,15,17,20,22H,4-6,13-14,16H2,1-3H3,(H,25,29)(H,26,28). The van der Waals surface area contributed by atoms with E-state index < -0.39 is 6.04 Å². The monoisotopic (exact) mass is 443 g/mol. The topological polar surface area (TPSA) is 70.7 Å². The molecule has 3 rings (SSSR count). The Morgan fingerprint density at radius 3 is 2.42 bits per heavy atom. The number of thiophene rings is 1. The van der Waals surface area contributed by atoms with Crippen molar-refractivity contribution in [3.8, 4) is 5.75 Å². The summed E-state index contributed by atoms with van der Waals surface area (Å²) in [6.07, 6.45) is 2.39. The molecule has 0 bridgehead atoms. The molecule has 0 spiro atoms. The van der Waals surface area contributed by atoms with Crippen LogP contribution in [0.25, 0.3) is 0 Å². The van der Waals surface area contributed by atoms with Crippen LogP contribution in [0.4, 0.5) is 0 Å². The van der Waals surface area contributed by atoms with Crippen molar-refractivity contribution in [2.75, 3.05) is 26.2 Å². The van der Waals surface area contributed by atoms with Gasteiger partial charge in [0, 0.05) is 17.0 Å². The first-order valence-electron chi connectivity index (χ1n) is 11.1. The fourth-order valence-electron chi connectivity index (χ4n) is 3.88. The van der Waals surface area contributed by atoms with Crippen molar-refractivity contribution in [2.45, 2.75) is 45.7 Å². The Balaban J connectivity index is 1.62. The first-order valence-corrected chi connectivity index (χ1v) is 12.0. The number of amides is 2. The van der Waals surface area contributed by atoms with Crippen molar-refractivity contribution in [1.82, 2.24) is 15.5 Å². The Labute approximate surface area is 189 Å². The Bertz CT molecular complexity index is 830. The SMILES string of the molecule is CCOc1ccc(C(=O)NC(C(=O)NCC(c2cccs2)N2CCCC2)C(C)C)cc1. The Morgan fingerprint density at radius 1 is 1.13 bits per heavy atom. The fourth-order valence-corrected chi connectivity index (χ4v) is 4.74. The number of ether oxygens (including phenoxy) is 1. The van der Waals surface area contributed by atoms with Gasteiger partial charge in [-0.25, -0.2) is 0 Å². The molecule has 2 heterocycles. The molecule has 0 radical (unpaired) electrons. The summed E-state index contributed by atoms with van der Waals surface area (Å²) in [4.78, 5) is 29.5. The average Bonchev–Trinajstić information content (AvgIpc) is 3.47. The van der Waals surface area contributed by atoms with Gasteiger partial charge in [0.15, 0.2) is 0 Å². The minimum atomic E-state index is -0.596. The number of nitrogens with zero attached hydrogens (tertiary/aromatic N) is 1. The highest BCUT2D eigenvalue weighted by Crippen LogP contribution is 2.28. The maximum absolute atomic E-state index is 13.0. The molecule has 7 heteroatoms. The van der Waals surface area contributed by atoms with Crippen molar-refractivity contribution >= 4 is 23.2 Å². The summed E-state index contributed by atoms with van der Waals surface area (Å²) >= 11 is 1.72. The molecule has 1 aromatic carbocycles. The smallest absolute Gasteiger partial charge is 0.251 e. The van der Waals surface area contributed by atoms with Crippen LogP contribution in [0.3, 0.4) is 0 Å². The first kappa shape index (κ1) is 23.3. The van der Waals surface area contributed by atoms with Gasteiger partial charge >= 0.3 is 0 Å². The van der Waals surface area contributed by atoms with E-state index in [4.69, 9.17) is 4.74 Å². The Morgan fingerprint density at radius 2 is 1.84 bits per heavy atom. The average molecular weight is 444 g/mol. The van der Waals surface area contributed by atoms with Crippen LogP contribution >= 0.6 is 11.3 Å². The minimum Gasteiger partial charge on any atom is -0.494 e. The van der Waals surface area contributed by atoms with Crippen LogP contribution in [0, 0.1) is 5.92 Å². The van der Waals surface area contributed by atoms with Gasteiger partial charge in [-0.15, -0.1) is 11.3 Å². The van der Waals surface area contributed by atoms with Crippen molar-refractivity contribution in [1.29, 1.82) is 0 Å². The summed E-state index contributed by atoms with van der Waals surface area (Å²) in [7, 11) is 0. The third-order valence-corrected chi connectivity index (χ3v) is 6.56. The molecule has 1 aliphatic heterocycles. The molecule has 6 nitrogen and oxygen atoms in total. The third-order valence-electron chi connectivity index (χ3n) is 5.59. The highest BCUT2D eigenvalue weighted by atomic mass is 32.1. The number of carbonyl (C=O) groups is 2. The number of benzene rings is 1. The molecule has 2 amide bonds. The zero-order chi connectivity index (χ0) is 22.2. The summed E-state index contributed by atoms with van der Waals surface area (Å²) in [6.45, 7) is 9.03. The summed E-state index contributed by atoms with van der Waals surface area (Å²) in [5.74, 6) is 0.290. The quantitative estimate of drug-likeness (QED) is 0.585. The fraction of sp³-hybridized carbons (Fsp3) is 0.500. The van der Waals surface area contributed by atoms with Gasteiger partial charge in [0.05, 0.1) is 12.6 Å². The zero-order valence-electron chi connectivity index (χ0n) is 18.6. The molecule has 0 aliphatic carbocycles. The molecule has 1 saturated heterocycles. The summed E-state index contributed by atoms with van der Waals surface area (Å²) < 4.78 is 5.43. The predicted molar refractivity (Wildman–Crippen MR) is 125 cm³/mol. The molecule has 2 aromatic rings. The number of rotatable bonds is 10. The number of nitrogens with one attached hydrogen (secondary N) is 2. The lowest BCUT2D eigenvalue weighted by Crippen LogP contribution is -2.51. The molecular formula is C24H33N3O3S. The molecule has 2 atom stereocenters. The van der Waals surface area contributed by atoms with Gasteiger partial charge in [-0.3, -0.25) is 14.5 Å². The molecule has 1 aliphatic rings. The van der Waals surface area contributed by atoms with E-state index in [0.717, 1.165) is 18.8 Å². The summed E-state index contributed by atoms with van der Waals surface area (Å²) in [5.41, 5.74) is 0.510. The van der Waals surface area contributed by atoms with E-state index in [1.165, 1.54) is 17.7 Å². The van der Waals surface area contributed by atoms with Gasteiger partial charge in [0.1, 0.15) is 11.8 Å². The molecule has 31 heavy (non-hydrogen) atoms. The van der Waals surface area contributed by atoms with Crippen molar-refractivity contribution in [2.24, 2.45) is 5.92 Å².